The fourth-order valence-corrected chi connectivity index (χ4v) is 4.65. The molecule has 1 atom stereocenters. The number of aryl methyl sites for hydroxylation is 1. The van der Waals surface area contributed by atoms with Crippen molar-refractivity contribution < 1.29 is 22.7 Å². The normalized spacial score (nSPS) is 17.2. The number of rotatable bonds is 4. The Morgan fingerprint density at radius 1 is 1.14 bits per heavy atom. The van der Waals surface area contributed by atoms with Gasteiger partial charge in [-0.25, -0.2) is 9.37 Å². The predicted octanol–water partition coefficient (Wildman–Crippen LogP) is 4.94. The zero-order valence-electron chi connectivity index (χ0n) is 18.8. The summed E-state index contributed by atoms with van der Waals surface area (Å²) in [6.45, 7) is 4.08. The summed E-state index contributed by atoms with van der Waals surface area (Å²) in [6.07, 6.45) is -4.42. The largest absolute Gasteiger partial charge is 0.508 e. The maximum absolute atomic E-state index is 14.6. The van der Waals surface area contributed by atoms with Gasteiger partial charge in [-0.1, -0.05) is 12.1 Å². The highest BCUT2D eigenvalue weighted by molar-refractivity contribution is 5.84. The molecule has 0 spiro atoms. The molecular weight excluding hydrogens is 462 g/mol. The van der Waals surface area contributed by atoms with Crippen LogP contribution < -0.4 is 5.32 Å². The zero-order valence-corrected chi connectivity index (χ0v) is 18.8. The van der Waals surface area contributed by atoms with Crippen LogP contribution in [0, 0.1) is 12.7 Å². The number of phenols is 1. The van der Waals surface area contributed by atoms with Crippen molar-refractivity contribution in [3.8, 4) is 17.0 Å². The van der Waals surface area contributed by atoms with E-state index in [0.29, 0.717) is 43.1 Å². The van der Waals surface area contributed by atoms with Gasteiger partial charge in [-0.15, -0.1) is 0 Å². The number of phenolic OH excluding ortho intramolecular Hbond substituents is 1. The van der Waals surface area contributed by atoms with Crippen molar-refractivity contribution >= 4 is 11.0 Å². The third-order valence-electron chi connectivity index (χ3n) is 6.34. The van der Waals surface area contributed by atoms with Gasteiger partial charge in [0.25, 0.3) is 0 Å². The number of hydrogen-bond acceptors (Lipinski definition) is 5. The smallest absolute Gasteiger partial charge is 0.416 e. The molecule has 5 rings (SSSR count). The highest BCUT2D eigenvalue weighted by atomic mass is 19.4. The average molecular weight is 485 g/mol. The lowest BCUT2D eigenvalue weighted by Crippen LogP contribution is -2.45. The van der Waals surface area contributed by atoms with Crippen LogP contribution in [-0.4, -0.2) is 44.8 Å². The minimum atomic E-state index is -4.42. The van der Waals surface area contributed by atoms with Crippen LogP contribution in [0.1, 0.15) is 28.4 Å². The Balaban J connectivity index is 1.55. The molecule has 35 heavy (non-hydrogen) atoms. The van der Waals surface area contributed by atoms with Gasteiger partial charge in [0.05, 0.1) is 11.3 Å². The summed E-state index contributed by atoms with van der Waals surface area (Å²) in [7, 11) is 0. The molecule has 2 aromatic carbocycles. The number of hydrogen-bond donors (Lipinski definition) is 3. The van der Waals surface area contributed by atoms with Crippen molar-refractivity contribution in [3.63, 3.8) is 0 Å². The Bertz CT molecular complexity index is 1380. The lowest BCUT2D eigenvalue weighted by molar-refractivity contribution is -0.137. The van der Waals surface area contributed by atoms with E-state index in [0.717, 1.165) is 28.8 Å². The first-order valence-corrected chi connectivity index (χ1v) is 11.2. The molecular formula is C25H23F4N5O. The summed E-state index contributed by atoms with van der Waals surface area (Å²) in [5, 5.41) is 20.8. The molecule has 3 N–H and O–H groups in total. The first-order chi connectivity index (χ1) is 16.7. The summed E-state index contributed by atoms with van der Waals surface area (Å²) in [4.78, 5) is 6.62. The van der Waals surface area contributed by atoms with Gasteiger partial charge in [0, 0.05) is 54.9 Å². The van der Waals surface area contributed by atoms with E-state index in [1.807, 2.05) is 6.92 Å². The van der Waals surface area contributed by atoms with Crippen molar-refractivity contribution in [1.29, 1.82) is 0 Å². The summed E-state index contributed by atoms with van der Waals surface area (Å²) in [5.41, 5.74) is 2.54. The van der Waals surface area contributed by atoms with Crippen molar-refractivity contribution in [3.05, 3.63) is 76.7 Å². The van der Waals surface area contributed by atoms with E-state index in [-0.39, 0.29) is 17.4 Å². The first kappa shape index (κ1) is 23.3. The maximum atomic E-state index is 14.6. The van der Waals surface area contributed by atoms with E-state index >= 15 is 0 Å². The Labute approximate surface area is 198 Å². The number of piperazine rings is 1. The lowest BCUT2D eigenvalue weighted by atomic mass is 9.98. The monoisotopic (exact) mass is 485 g/mol. The van der Waals surface area contributed by atoms with Crippen molar-refractivity contribution in [2.24, 2.45) is 0 Å². The third-order valence-corrected chi connectivity index (χ3v) is 6.34. The number of fused-ring (bicyclic) bond motifs is 1. The van der Waals surface area contributed by atoms with Gasteiger partial charge in [0.1, 0.15) is 11.6 Å². The van der Waals surface area contributed by atoms with E-state index in [4.69, 9.17) is 0 Å². The number of alkyl halides is 3. The number of aromatic hydroxyl groups is 1. The molecule has 1 saturated heterocycles. The van der Waals surface area contributed by atoms with E-state index < -0.39 is 17.6 Å². The quantitative estimate of drug-likeness (QED) is 0.357. The van der Waals surface area contributed by atoms with Crippen LogP contribution in [0.5, 0.6) is 5.75 Å². The summed E-state index contributed by atoms with van der Waals surface area (Å²) in [5.74, 6) is -0.799. The molecule has 1 unspecified atom stereocenters. The standard InChI is InChI=1S/C25H23F4N5O/c1-14-23-16(10-21(31-24(23)33-32-14)19-6-5-18(35)11-20(19)26)13-34-8-7-30-12-22(34)15-3-2-4-17(9-15)25(27,28)29/h2-6,9-11,22,30,35H,7-8,12-13H2,1H3,(H,31,32,33). The summed E-state index contributed by atoms with van der Waals surface area (Å²) < 4.78 is 54.6. The van der Waals surface area contributed by atoms with Crippen molar-refractivity contribution in [2.75, 3.05) is 19.6 Å². The van der Waals surface area contributed by atoms with Gasteiger partial charge in [0.2, 0.25) is 0 Å². The second-order valence-electron chi connectivity index (χ2n) is 8.69. The number of aromatic amines is 1. The Kier molecular flexibility index (Phi) is 5.94. The molecule has 3 heterocycles. The molecule has 0 saturated carbocycles. The summed E-state index contributed by atoms with van der Waals surface area (Å²) in [6, 6.07) is 10.8. The minimum absolute atomic E-state index is 0.187. The van der Waals surface area contributed by atoms with E-state index in [1.165, 1.54) is 24.3 Å². The number of aromatic nitrogens is 3. The van der Waals surface area contributed by atoms with Crippen LogP contribution in [-0.2, 0) is 12.7 Å². The maximum Gasteiger partial charge on any atom is 0.416 e. The van der Waals surface area contributed by atoms with Crippen LogP contribution in [0.15, 0.2) is 48.5 Å². The molecule has 6 nitrogen and oxygen atoms in total. The number of pyridine rings is 1. The molecule has 1 fully saturated rings. The fourth-order valence-electron chi connectivity index (χ4n) is 4.65. The minimum Gasteiger partial charge on any atom is -0.508 e. The summed E-state index contributed by atoms with van der Waals surface area (Å²) >= 11 is 0. The van der Waals surface area contributed by atoms with Gasteiger partial charge < -0.3 is 10.4 Å². The van der Waals surface area contributed by atoms with Gasteiger partial charge in [-0.05, 0) is 48.4 Å². The van der Waals surface area contributed by atoms with Gasteiger partial charge in [0.15, 0.2) is 5.65 Å². The topological polar surface area (TPSA) is 77.1 Å². The lowest BCUT2D eigenvalue weighted by Gasteiger charge is -2.37. The van der Waals surface area contributed by atoms with Crippen LogP contribution in [0.4, 0.5) is 17.6 Å². The number of nitrogens with one attached hydrogen (secondary N) is 2. The Morgan fingerprint density at radius 3 is 2.74 bits per heavy atom. The number of benzene rings is 2. The van der Waals surface area contributed by atoms with Crippen molar-refractivity contribution in [2.45, 2.75) is 25.7 Å². The number of halogens is 4. The molecule has 0 radical (unpaired) electrons. The second-order valence-corrected chi connectivity index (χ2v) is 8.69. The molecule has 4 aromatic rings. The van der Waals surface area contributed by atoms with Gasteiger partial charge >= 0.3 is 6.18 Å². The van der Waals surface area contributed by atoms with Crippen molar-refractivity contribution in [1.82, 2.24) is 25.4 Å². The fraction of sp³-hybridized carbons (Fsp3) is 0.280. The third kappa shape index (κ3) is 4.59. The average Bonchev–Trinajstić information content (AvgIpc) is 3.20. The number of H-pyrrole nitrogens is 1. The van der Waals surface area contributed by atoms with Crippen LogP contribution in [0.3, 0.4) is 0 Å². The molecule has 0 aliphatic carbocycles. The molecule has 10 heteroatoms. The molecule has 1 aliphatic heterocycles. The molecule has 1 aliphatic rings. The molecule has 0 amide bonds. The van der Waals surface area contributed by atoms with Crippen LogP contribution in [0.25, 0.3) is 22.3 Å². The van der Waals surface area contributed by atoms with Gasteiger partial charge in [-0.2, -0.15) is 18.3 Å². The molecule has 0 bridgehead atoms. The highest BCUT2D eigenvalue weighted by Crippen LogP contribution is 2.34. The second kappa shape index (κ2) is 8.94. The Hall–Kier alpha value is -3.50. The van der Waals surface area contributed by atoms with E-state index in [2.05, 4.69) is 25.4 Å². The van der Waals surface area contributed by atoms with Crippen LogP contribution >= 0.6 is 0 Å². The Morgan fingerprint density at radius 2 is 1.97 bits per heavy atom. The zero-order chi connectivity index (χ0) is 24.7. The molecule has 182 valence electrons. The van der Waals surface area contributed by atoms with E-state index in [9.17, 15) is 22.7 Å². The molecule has 2 aromatic heterocycles. The van der Waals surface area contributed by atoms with Crippen LogP contribution in [0.2, 0.25) is 0 Å². The highest BCUT2D eigenvalue weighted by Gasteiger charge is 2.32. The van der Waals surface area contributed by atoms with Gasteiger partial charge in [-0.3, -0.25) is 10.00 Å². The SMILES string of the molecule is Cc1[nH]nc2nc(-c3ccc(O)cc3F)cc(CN3CCNCC3c3cccc(C(F)(F)F)c3)c12. The predicted molar refractivity (Wildman–Crippen MR) is 123 cm³/mol. The first-order valence-electron chi connectivity index (χ1n) is 11.2. The van der Waals surface area contributed by atoms with E-state index in [1.54, 1.807) is 12.1 Å². The number of nitrogens with zero attached hydrogens (tertiary/aromatic N) is 3.